The Bertz CT molecular complexity index is 901. The Morgan fingerprint density at radius 3 is 2.48 bits per heavy atom. The van der Waals surface area contributed by atoms with Crippen LogP contribution >= 0.6 is 34.8 Å². The van der Waals surface area contributed by atoms with Gasteiger partial charge in [-0.25, -0.2) is 9.97 Å². The molecule has 21 heavy (non-hydrogen) atoms. The number of benzene rings is 1. The Kier molecular flexibility index (Phi) is 3.69. The fourth-order valence-electron chi connectivity index (χ4n) is 2.01. The Labute approximate surface area is 135 Å². The first-order chi connectivity index (χ1) is 10.1. The molecule has 2 heterocycles. The molecule has 0 atom stereocenters. The van der Waals surface area contributed by atoms with Crippen LogP contribution < -0.4 is 0 Å². The SMILES string of the molecule is N#Cc1nc2ccccc2cc1-c1nc(Cl)c(Cl)cc1Cl. The summed E-state index contributed by atoms with van der Waals surface area (Å²) in [5.41, 5.74) is 1.89. The van der Waals surface area contributed by atoms with Gasteiger partial charge in [0.2, 0.25) is 0 Å². The van der Waals surface area contributed by atoms with Crippen LogP contribution in [-0.4, -0.2) is 9.97 Å². The van der Waals surface area contributed by atoms with Gasteiger partial charge in [-0.1, -0.05) is 53.0 Å². The number of pyridine rings is 2. The van der Waals surface area contributed by atoms with Gasteiger partial charge in [-0.05, 0) is 18.2 Å². The topological polar surface area (TPSA) is 49.6 Å². The Morgan fingerprint density at radius 1 is 0.952 bits per heavy atom. The van der Waals surface area contributed by atoms with Crippen molar-refractivity contribution in [2.45, 2.75) is 0 Å². The van der Waals surface area contributed by atoms with E-state index < -0.39 is 0 Å². The molecule has 102 valence electrons. The average Bonchev–Trinajstić information content (AvgIpc) is 2.49. The van der Waals surface area contributed by atoms with Gasteiger partial charge in [0.1, 0.15) is 11.2 Å². The molecule has 0 unspecified atom stereocenters. The highest BCUT2D eigenvalue weighted by molar-refractivity contribution is 6.43. The molecule has 0 bridgehead atoms. The van der Waals surface area contributed by atoms with Gasteiger partial charge >= 0.3 is 0 Å². The Balaban J connectivity index is 2.34. The summed E-state index contributed by atoms with van der Waals surface area (Å²) >= 11 is 18.0. The van der Waals surface area contributed by atoms with Crippen molar-refractivity contribution in [1.29, 1.82) is 5.26 Å². The van der Waals surface area contributed by atoms with Gasteiger partial charge in [-0.15, -0.1) is 0 Å². The van der Waals surface area contributed by atoms with Gasteiger partial charge in [-0.3, -0.25) is 0 Å². The highest BCUT2D eigenvalue weighted by Gasteiger charge is 2.15. The molecule has 0 radical (unpaired) electrons. The third-order valence-electron chi connectivity index (χ3n) is 2.97. The fourth-order valence-corrected chi connectivity index (χ4v) is 2.61. The molecule has 3 aromatic rings. The zero-order valence-electron chi connectivity index (χ0n) is 10.4. The maximum atomic E-state index is 9.31. The van der Waals surface area contributed by atoms with E-state index >= 15 is 0 Å². The number of halogens is 3. The zero-order chi connectivity index (χ0) is 15.0. The maximum absolute atomic E-state index is 9.31. The lowest BCUT2D eigenvalue weighted by Crippen LogP contribution is -1.94. The zero-order valence-corrected chi connectivity index (χ0v) is 12.7. The summed E-state index contributed by atoms with van der Waals surface area (Å²) < 4.78 is 0. The molecule has 0 aliphatic carbocycles. The molecule has 0 aliphatic heterocycles. The molecule has 0 aliphatic rings. The van der Waals surface area contributed by atoms with Crippen molar-refractivity contribution < 1.29 is 0 Å². The summed E-state index contributed by atoms with van der Waals surface area (Å²) in [5, 5.41) is 10.9. The average molecular weight is 335 g/mol. The molecule has 3 rings (SSSR count). The third-order valence-corrected chi connectivity index (χ3v) is 3.93. The van der Waals surface area contributed by atoms with Crippen LogP contribution in [0.15, 0.2) is 36.4 Å². The van der Waals surface area contributed by atoms with Gasteiger partial charge in [0, 0.05) is 10.9 Å². The summed E-state index contributed by atoms with van der Waals surface area (Å²) in [5.74, 6) is 0. The van der Waals surface area contributed by atoms with Crippen molar-refractivity contribution in [3.05, 3.63) is 57.3 Å². The number of hydrogen-bond acceptors (Lipinski definition) is 3. The monoisotopic (exact) mass is 333 g/mol. The molecule has 0 spiro atoms. The second kappa shape index (κ2) is 5.50. The molecule has 0 saturated heterocycles. The highest BCUT2D eigenvalue weighted by atomic mass is 35.5. The molecule has 0 amide bonds. The van der Waals surface area contributed by atoms with Crippen molar-refractivity contribution in [2.75, 3.05) is 0 Å². The lowest BCUT2D eigenvalue weighted by Gasteiger charge is -2.08. The van der Waals surface area contributed by atoms with Crippen LogP contribution in [0.25, 0.3) is 22.2 Å². The molecule has 0 N–H and O–H groups in total. The first-order valence-corrected chi connectivity index (χ1v) is 7.05. The largest absolute Gasteiger partial charge is 0.236 e. The molecule has 0 saturated carbocycles. The van der Waals surface area contributed by atoms with Gasteiger partial charge in [0.25, 0.3) is 0 Å². The molecular formula is C15H6Cl3N3. The molecule has 2 aromatic heterocycles. The van der Waals surface area contributed by atoms with Crippen molar-refractivity contribution in [3.8, 4) is 17.3 Å². The van der Waals surface area contributed by atoms with Crippen LogP contribution in [0, 0.1) is 11.3 Å². The number of hydrogen-bond donors (Lipinski definition) is 0. The van der Waals surface area contributed by atoms with E-state index in [1.54, 1.807) is 0 Å². The predicted octanol–water partition coefficient (Wildman–Crippen LogP) is 5.13. The van der Waals surface area contributed by atoms with Crippen LogP contribution in [0.3, 0.4) is 0 Å². The second-order valence-electron chi connectivity index (χ2n) is 4.28. The summed E-state index contributed by atoms with van der Waals surface area (Å²) in [6.07, 6.45) is 0. The highest BCUT2D eigenvalue weighted by Crippen LogP contribution is 2.34. The van der Waals surface area contributed by atoms with E-state index in [9.17, 15) is 5.26 Å². The first-order valence-electron chi connectivity index (χ1n) is 5.92. The normalized spacial score (nSPS) is 10.6. The lowest BCUT2D eigenvalue weighted by molar-refractivity contribution is 1.27. The number of nitriles is 1. The van der Waals surface area contributed by atoms with Gasteiger partial charge < -0.3 is 0 Å². The number of fused-ring (bicyclic) bond motifs is 1. The quantitative estimate of drug-likeness (QED) is 0.580. The summed E-state index contributed by atoms with van der Waals surface area (Å²) in [6, 6.07) is 12.9. The number of nitrogens with zero attached hydrogens (tertiary/aromatic N) is 3. The molecule has 3 nitrogen and oxygen atoms in total. The van der Waals surface area contributed by atoms with E-state index in [2.05, 4.69) is 16.0 Å². The van der Waals surface area contributed by atoms with E-state index in [0.717, 1.165) is 10.9 Å². The Hall–Kier alpha value is -1.86. The minimum Gasteiger partial charge on any atom is -0.236 e. The smallest absolute Gasteiger partial charge is 0.150 e. The minimum absolute atomic E-state index is 0.133. The summed E-state index contributed by atoms with van der Waals surface area (Å²) in [4.78, 5) is 8.50. The molecule has 6 heteroatoms. The van der Waals surface area contributed by atoms with Crippen LogP contribution in [0.5, 0.6) is 0 Å². The van der Waals surface area contributed by atoms with Crippen molar-refractivity contribution >= 4 is 45.7 Å². The number of para-hydroxylation sites is 1. The first kappa shape index (κ1) is 14.1. The summed E-state index contributed by atoms with van der Waals surface area (Å²) in [7, 11) is 0. The number of aromatic nitrogens is 2. The van der Waals surface area contributed by atoms with Crippen molar-refractivity contribution in [3.63, 3.8) is 0 Å². The van der Waals surface area contributed by atoms with Crippen LogP contribution in [0.1, 0.15) is 5.69 Å². The van der Waals surface area contributed by atoms with Crippen LogP contribution in [0.4, 0.5) is 0 Å². The van der Waals surface area contributed by atoms with E-state index in [1.807, 2.05) is 30.3 Å². The van der Waals surface area contributed by atoms with Crippen LogP contribution in [0.2, 0.25) is 15.2 Å². The summed E-state index contributed by atoms with van der Waals surface area (Å²) in [6.45, 7) is 0. The van der Waals surface area contributed by atoms with E-state index in [-0.39, 0.29) is 15.9 Å². The maximum Gasteiger partial charge on any atom is 0.150 e. The van der Waals surface area contributed by atoms with Crippen LogP contribution in [-0.2, 0) is 0 Å². The molecular weight excluding hydrogens is 329 g/mol. The van der Waals surface area contributed by atoms with Crippen molar-refractivity contribution in [1.82, 2.24) is 9.97 Å². The predicted molar refractivity (Wildman–Crippen MR) is 84.7 cm³/mol. The van der Waals surface area contributed by atoms with E-state index in [4.69, 9.17) is 34.8 Å². The molecule has 1 aromatic carbocycles. The third kappa shape index (κ3) is 2.54. The molecule has 0 fully saturated rings. The van der Waals surface area contributed by atoms with Crippen molar-refractivity contribution in [2.24, 2.45) is 0 Å². The van der Waals surface area contributed by atoms with Gasteiger partial charge in [-0.2, -0.15) is 5.26 Å². The number of rotatable bonds is 1. The van der Waals surface area contributed by atoms with Gasteiger partial charge in [0.05, 0.1) is 21.3 Å². The lowest BCUT2D eigenvalue weighted by atomic mass is 10.1. The van der Waals surface area contributed by atoms with Gasteiger partial charge in [0.15, 0.2) is 5.69 Å². The standard InChI is InChI=1S/C15H6Cl3N3/c16-10-6-11(17)15(18)21-14(10)9-5-8-3-1-2-4-12(8)20-13(9)7-19/h1-6H. The van der Waals surface area contributed by atoms with E-state index in [1.165, 1.54) is 6.07 Å². The fraction of sp³-hybridized carbons (Fsp3) is 0. The Morgan fingerprint density at radius 2 is 1.71 bits per heavy atom. The van der Waals surface area contributed by atoms with E-state index in [0.29, 0.717) is 16.3 Å². The second-order valence-corrected chi connectivity index (χ2v) is 5.45. The minimum atomic E-state index is 0.133.